The number of hydrogen-bond acceptors (Lipinski definition) is 4. The Morgan fingerprint density at radius 2 is 2.33 bits per heavy atom. The lowest BCUT2D eigenvalue weighted by molar-refractivity contribution is 0.136. The summed E-state index contributed by atoms with van der Waals surface area (Å²) >= 11 is 5.64. The molecule has 1 aromatic rings. The molecule has 2 heterocycles. The van der Waals surface area contributed by atoms with E-state index in [0.29, 0.717) is 11.0 Å². The summed E-state index contributed by atoms with van der Waals surface area (Å²) in [5.41, 5.74) is 0. The second-order valence-corrected chi connectivity index (χ2v) is 2.96. The van der Waals surface area contributed by atoms with Gasteiger partial charge >= 0.3 is 0 Å². The molecule has 12 heavy (non-hydrogen) atoms. The van der Waals surface area contributed by atoms with Crippen LogP contribution >= 0.6 is 11.6 Å². The lowest BCUT2D eigenvalue weighted by Gasteiger charge is -2.26. The van der Waals surface area contributed by atoms with E-state index in [1.165, 1.54) is 6.33 Å². The topological polar surface area (TPSA) is 47.0 Å². The minimum Gasteiger partial charge on any atom is -0.472 e. The molecule has 1 aliphatic rings. The molecule has 1 saturated heterocycles. The molecular weight excluding hydrogens is 178 g/mol. The lowest BCUT2D eigenvalue weighted by atomic mass is 10.2. The molecule has 0 radical (unpaired) electrons. The largest absolute Gasteiger partial charge is 0.472 e. The normalized spacial score (nSPS) is 17.1. The van der Waals surface area contributed by atoms with Gasteiger partial charge in [-0.1, -0.05) is 11.6 Å². The predicted molar refractivity (Wildman–Crippen MR) is 44.3 cm³/mol. The summed E-state index contributed by atoms with van der Waals surface area (Å²) in [5.74, 6) is 0.543. The summed E-state index contributed by atoms with van der Waals surface area (Å²) in [6.07, 6.45) is 1.62. The Bertz CT molecular complexity index is 277. The molecule has 0 unspecified atom stereocenters. The molecule has 1 N–H and O–H groups in total. The van der Waals surface area contributed by atoms with Crippen LogP contribution in [0.15, 0.2) is 12.4 Å². The SMILES string of the molecule is Clc1cc(OC2CNC2)ncn1. The van der Waals surface area contributed by atoms with E-state index in [1.807, 2.05) is 0 Å². The number of nitrogens with zero attached hydrogens (tertiary/aromatic N) is 2. The van der Waals surface area contributed by atoms with Gasteiger partial charge in [-0.05, 0) is 0 Å². The minimum atomic E-state index is 0.232. The summed E-state index contributed by atoms with van der Waals surface area (Å²) in [7, 11) is 0. The van der Waals surface area contributed by atoms with Crippen molar-refractivity contribution in [1.29, 1.82) is 0 Å². The molecule has 1 aliphatic heterocycles. The van der Waals surface area contributed by atoms with Crippen molar-refractivity contribution in [2.45, 2.75) is 6.10 Å². The van der Waals surface area contributed by atoms with Crippen LogP contribution in [0.5, 0.6) is 5.88 Å². The smallest absolute Gasteiger partial charge is 0.218 e. The molecule has 4 nitrogen and oxygen atoms in total. The molecule has 1 fully saturated rings. The van der Waals surface area contributed by atoms with E-state index in [9.17, 15) is 0 Å². The Labute approximate surface area is 74.9 Å². The van der Waals surface area contributed by atoms with Crippen LogP contribution in [0, 0.1) is 0 Å². The van der Waals surface area contributed by atoms with Crippen molar-refractivity contribution in [2.24, 2.45) is 0 Å². The zero-order valence-electron chi connectivity index (χ0n) is 6.33. The number of aromatic nitrogens is 2. The van der Waals surface area contributed by atoms with Crippen LogP contribution < -0.4 is 10.1 Å². The number of halogens is 1. The maximum absolute atomic E-state index is 5.64. The average Bonchev–Trinajstić information content (AvgIpc) is 1.97. The highest BCUT2D eigenvalue weighted by Gasteiger charge is 2.18. The van der Waals surface area contributed by atoms with Gasteiger partial charge < -0.3 is 10.1 Å². The Morgan fingerprint density at radius 3 is 2.92 bits per heavy atom. The third-order valence-electron chi connectivity index (χ3n) is 1.64. The van der Waals surface area contributed by atoms with Crippen molar-refractivity contribution >= 4 is 11.6 Å². The van der Waals surface area contributed by atoms with Crippen molar-refractivity contribution < 1.29 is 4.74 Å². The molecule has 0 aliphatic carbocycles. The molecule has 0 aromatic carbocycles. The van der Waals surface area contributed by atoms with Crippen LogP contribution in [-0.2, 0) is 0 Å². The quantitative estimate of drug-likeness (QED) is 0.681. The molecule has 0 spiro atoms. The Morgan fingerprint density at radius 1 is 1.50 bits per heavy atom. The maximum atomic E-state index is 5.64. The molecule has 2 rings (SSSR count). The first kappa shape index (κ1) is 7.76. The predicted octanol–water partition coefficient (Wildman–Crippen LogP) is 0.481. The van der Waals surface area contributed by atoms with Gasteiger partial charge in [0, 0.05) is 19.2 Å². The zero-order chi connectivity index (χ0) is 8.39. The maximum Gasteiger partial charge on any atom is 0.218 e. The van der Waals surface area contributed by atoms with Gasteiger partial charge in [-0.3, -0.25) is 0 Å². The fourth-order valence-electron chi connectivity index (χ4n) is 0.898. The first-order chi connectivity index (χ1) is 5.84. The number of ether oxygens (including phenoxy) is 1. The third kappa shape index (κ3) is 1.65. The highest BCUT2D eigenvalue weighted by Crippen LogP contribution is 2.13. The monoisotopic (exact) mass is 185 g/mol. The molecule has 5 heteroatoms. The van der Waals surface area contributed by atoms with Crippen molar-refractivity contribution in [1.82, 2.24) is 15.3 Å². The number of rotatable bonds is 2. The molecule has 0 amide bonds. The summed E-state index contributed by atoms with van der Waals surface area (Å²) < 4.78 is 5.43. The molecular formula is C7H8ClN3O. The Balaban J connectivity index is 2.02. The second-order valence-electron chi connectivity index (χ2n) is 2.58. The molecule has 0 bridgehead atoms. The first-order valence-electron chi connectivity index (χ1n) is 3.69. The van der Waals surface area contributed by atoms with Crippen molar-refractivity contribution in [2.75, 3.05) is 13.1 Å². The van der Waals surface area contributed by atoms with Gasteiger partial charge in [0.15, 0.2) is 0 Å². The standard InChI is InChI=1S/C7H8ClN3O/c8-6-1-7(11-4-10-6)12-5-2-9-3-5/h1,4-5,9H,2-3H2. The van der Waals surface area contributed by atoms with E-state index < -0.39 is 0 Å². The molecule has 0 saturated carbocycles. The van der Waals surface area contributed by atoms with Crippen LogP contribution in [0.1, 0.15) is 0 Å². The Hall–Kier alpha value is -0.870. The van der Waals surface area contributed by atoms with Gasteiger partial charge in [0.25, 0.3) is 0 Å². The fourth-order valence-corrected chi connectivity index (χ4v) is 1.04. The summed E-state index contributed by atoms with van der Waals surface area (Å²) in [5, 5.41) is 3.50. The van der Waals surface area contributed by atoms with Gasteiger partial charge in [0.05, 0.1) is 0 Å². The molecule has 0 atom stereocenters. The van der Waals surface area contributed by atoms with Crippen LogP contribution in [-0.4, -0.2) is 29.2 Å². The zero-order valence-corrected chi connectivity index (χ0v) is 7.08. The number of nitrogens with one attached hydrogen (secondary N) is 1. The highest BCUT2D eigenvalue weighted by atomic mass is 35.5. The fraction of sp³-hybridized carbons (Fsp3) is 0.429. The second kappa shape index (κ2) is 3.25. The van der Waals surface area contributed by atoms with Gasteiger partial charge in [-0.15, -0.1) is 0 Å². The van der Waals surface area contributed by atoms with Gasteiger partial charge in [0.2, 0.25) is 5.88 Å². The van der Waals surface area contributed by atoms with E-state index in [1.54, 1.807) is 6.07 Å². The van der Waals surface area contributed by atoms with Crippen LogP contribution in [0.3, 0.4) is 0 Å². The first-order valence-corrected chi connectivity index (χ1v) is 4.07. The van der Waals surface area contributed by atoms with E-state index in [0.717, 1.165) is 13.1 Å². The Kier molecular flexibility index (Phi) is 2.10. The van der Waals surface area contributed by atoms with Crippen LogP contribution in [0.25, 0.3) is 0 Å². The third-order valence-corrected chi connectivity index (χ3v) is 1.85. The van der Waals surface area contributed by atoms with E-state index in [-0.39, 0.29) is 6.10 Å². The van der Waals surface area contributed by atoms with Gasteiger partial charge in [-0.25, -0.2) is 9.97 Å². The van der Waals surface area contributed by atoms with E-state index >= 15 is 0 Å². The summed E-state index contributed by atoms with van der Waals surface area (Å²) in [4.78, 5) is 7.67. The summed E-state index contributed by atoms with van der Waals surface area (Å²) in [6, 6.07) is 1.61. The van der Waals surface area contributed by atoms with Crippen molar-refractivity contribution in [3.63, 3.8) is 0 Å². The summed E-state index contributed by atoms with van der Waals surface area (Å²) in [6.45, 7) is 1.75. The number of hydrogen-bond donors (Lipinski definition) is 1. The van der Waals surface area contributed by atoms with Crippen molar-refractivity contribution in [3.8, 4) is 5.88 Å². The molecule has 1 aromatic heterocycles. The van der Waals surface area contributed by atoms with E-state index in [2.05, 4.69) is 15.3 Å². The van der Waals surface area contributed by atoms with Crippen molar-refractivity contribution in [3.05, 3.63) is 17.5 Å². The molecule has 64 valence electrons. The van der Waals surface area contributed by atoms with E-state index in [4.69, 9.17) is 16.3 Å². The highest BCUT2D eigenvalue weighted by molar-refractivity contribution is 6.29. The van der Waals surface area contributed by atoms with Crippen LogP contribution in [0.2, 0.25) is 5.15 Å². The van der Waals surface area contributed by atoms with Crippen LogP contribution in [0.4, 0.5) is 0 Å². The van der Waals surface area contributed by atoms with Gasteiger partial charge in [0.1, 0.15) is 17.6 Å². The average molecular weight is 186 g/mol. The minimum absolute atomic E-state index is 0.232. The van der Waals surface area contributed by atoms with Gasteiger partial charge in [-0.2, -0.15) is 0 Å². The lowest BCUT2D eigenvalue weighted by Crippen LogP contribution is -2.50.